The lowest BCUT2D eigenvalue weighted by molar-refractivity contribution is -0.137. The van der Waals surface area contributed by atoms with Crippen molar-refractivity contribution in [1.29, 1.82) is 0 Å². The van der Waals surface area contributed by atoms with Crippen LogP contribution < -0.4 is 4.72 Å². The molecule has 2 heterocycles. The maximum Gasteiger partial charge on any atom is 0.416 e. The molecule has 2 aliphatic rings. The van der Waals surface area contributed by atoms with Crippen LogP contribution in [0.2, 0.25) is 5.02 Å². The highest BCUT2D eigenvalue weighted by Crippen LogP contribution is 2.31. The van der Waals surface area contributed by atoms with Gasteiger partial charge in [0.25, 0.3) is 15.9 Å². The molecule has 0 bridgehead atoms. The van der Waals surface area contributed by atoms with Crippen molar-refractivity contribution in [2.45, 2.75) is 30.0 Å². The Balaban J connectivity index is 1.54. The van der Waals surface area contributed by atoms with Crippen molar-refractivity contribution in [2.24, 2.45) is 0 Å². The minimum Gasteiger partial charge on any atom is -0.336 e. The summed E-state index contributed by atoms with van der Waals surface area (Å²) in [6.45, 7) is 2.89. The van der Waals surface area contributed by atoms with Gasteiger partial charge in [0.15, 0.2) is 0 Å². The number of rotatable bonds is 4. The van der Waals surface area contributed by atoms with Gasteiger partial charge in [-0.25, -0.2) is 8.42 Å². The molecule has 0 aromatic heterocycles. The first-order valence-electron chi connectivity index (χ1n) is 10.1. The molecule has 0 spiro atoms. The first-order chi connectivity index (χ1) is 15.0. The monoisotopic (exact) mass is 487 g/mol. The predicted octanol–water partition coefficient (Wildman–Crippen LogP) is 4.08. The van der Waals surface area contributed by atoms with Gasteiger partial charge in [0.2, 0.25) is 0 Å². The third-order valence-corrected chi connectivity index (χ3v) is 7.53. The Morgan fingerprint density at radius 2 is 1.78 bits per heavy atom. The first kappa shape index (κ1) is 22.9. The molecule has 4 rings (SSSR count). The van der Waals surface area contributed by atoms with Gasteiger partial charge in [-0.2, -0.15) is 13.2 Å². The van der Waals surface area contributed by atoms with Gasteiger partial charge in [0.1, 0.15) is 0 Å². The highest BCUT2D eigenvalue weighted by atomic mass is 35.5. The Morgan fingerprint density at radius 3 is 2.47 bits per heavy atom. The van der Waals surface area contributed by atoms with Gasteiger partial charge < -0.3 is 4.90 Å². The van der Waals surface area contributed by atoms with Crippen LogP contribution in [0.4, 0.5) is 18.9 Å². The maximum absolute atomic E-state index is 13.1. The summed E-state index contributed by atoms with van der Waals surface area (Å²) in [5.41, 5.74) is -0.839. The summed E-state index contributed by atoms with van der Waals surface area (Å²) in [7, 11) is -4.15. The minimum absolute atomic E-state index is 0.0295. The molecule has 2 aliphatic heterocycles. The van der Waals surface area contributed by atoms with Gasteiger partial charge in [0.05, 0.1) is 21.0 Å². The number of carbonyl (C=O) groups is 1. The molecule has 0 unspecified atom stereocenters. The third kappa shape index (κ3) is 4.72. The average molecular weight is 488 g/mol. The molecule has 0 aliphatic carbocycles. The van der Waals surface area contributed by atoms with Crippen LogP contribution in [0.1, 0.15) is 28.8 Å². The number of amides is 1. The number of hydrogen-bond donors (Lipinski definition) is 1. The van der Waals surface area contributed by atoms with E-state index in [0.717, 1.165) is 50.2 Å². The fourth-order valence-corrected chi connectivity index (χ4v) is 5.41. The quantitative estimate of drug-likeness (QED) is 0.705. The molecular formula is C21H21ClF3N3O3S. The molecule has 11 heteroatoms. The summed E-state index contributed by atoms with van der Waals surface area (Å²) in [5.74, 6) is -0.340. The van der Waals surface area contributed by atoms with E-state index in [4.69, 9.17) is 11.6 Å². The van der Waals surface area contributed by atoms with E-state index >= 15 is 0 Å². The summed E-state index contributed by atoms with van der Waals surface area (Å²) >= 11 is 6.21. The molecule has 32 heavy (non-hydrogen) atoms. The summed E-state index contributed by atoms with van der Waals surface area (Å²) in [6.07, 6.45) is -2.41. The number of nitrogens with zero attached hydrogens (tertiary/aromatic N) is 2. The van der Waals surface area contributed by atoms with Crippen molar-refractivity contribution in [2.75, 3.05) is 30.9 Å². The molecule has 6 nitrogen and oxygen atoms in total. The van der Waals surface area contributed by atoms with Crippen LogP contribution in [0, 0.1) is 0 Å². The highest BCUT2D eigenvalue weighted by Gasteiger charge is 2.34. The summed E-state index contributed by atoms with van der Waals surface area (Å²) in [6, 6.07) is 7.74. The number of anilines is 1. The van der Waals surface area contributed by atoms with Crippen LogP contribution in [0.5, 0.6) is 0 Å². The van der Waals surface area contributed by atoms with Gasteiger partial charge in [-0.1, -0.05) is 11.6 Å². The second kappa shape index (κ2) is 8.57. The van der Waals surface area contributed by atoms with Crippen molar-refractivity contribution in [1.82, 2.24) is 9.80 Å². The molecule has 1 amide bonds. The molecule has 0 saturated carbocycles. The van der Waals surface area contributed by atoms with Gasteiger partial charge in [-0.15, -0.1) is 0 Å². The standard InChI is InChI=1S/C21H21ClF3N3O3S/c22-19-8-7-17(32(30,31)26-15-5-3-14(4-6-15)21(23,24)25)12-18(19)20(29)28-11-10-27-9-1-2-16(27)13-28/h3-8,12,16,26H,1-2,9-11,13H2/t16-/m1/s1. The van der Waals surface area contributed by atoms with Crippen LogP contribution in [-0.2, 0) is 16.2 Å². The second-order valence-corrected chi connectivity index (χ2v) is 10.00. The fraction of sp³-hybridized carbons (Fsp3) is 0.381. The van der Waals surface area contributed by atoms with E-state index in [1.165, 1.54) is 18.2 Å². The average Bonchev–Trinajstić information content (AvgIpc) is 3.21. The fourth-order valence-electron chi connectivity index (χ4n) is 4.12. The topological polar surface area (TPSA) is 69.7 Å². The molecular weight excluding hydrogens is 467 g/mol. The SMILES string of the molecule is O=C(c1cc(S(=O)(=O)Nc2ccc(C(F)(F)F)cc2)ccc1Cl)N1CCN2CCC[C@@H]2C1. The molecule has 1 atom stereocenters. The van der Waals surface area contributed by atoms with E-state index in [9.17, 15) is 26.4 Å². The molecule has 2 saturated heterocycles. The highest BCUT2D eigenvalue weighted by molar-refractivity contribution is 7.92. The second-order valence-electron chi connectivity index (χ2n) is 7.91. The van der Waals surface area contributed by atoms with Gasteiger partial charge in [-0.3, -0.25) is 14.4 Å². The van der Waals surface area contributed by atoms with E-state index < -0.39 is 21.8 Å². The molecule has 2 fully saturated rings. The van der Waals surface area contributed by atoms with E-state index in [-0.39, 0.29) is 27.1 Å². The van der Waals surface area contributed by atoms with Crippen LogP contribution >= 0.6 is 11.6 Å². The lowest BCUT2D eigenvalue weighted by Gasteiger charge is -2.37. The van der Waals surface area contributed by atoms with Crippen molar-refractivity contribution in [3.05, 3.63) is 58.6 Å². The van der Waals surface area contributed by atoms with E-state index in [2.05, 4.69) is 9.62 Å². The summed E-state index contributed by atoms with van der Waals surface area (Å²) in [4.78, 5) is 16.9. The van der Waals surface area contributed by atoms with Gasteiger partial charge in [-0.05, 0) is 61.9 Å². The Hall–Kier alpha value is -2.30. The number of alkyl halides is 3. The molecule has 2 aromatic rings. The number of carbonyl (C=O) groups excluding carboxylic acids is 1. The van der Waals surface area contributed by atoms with Crippen molar-refractivity contribution < 1.29 is 26.4 Å². The largest absolute Gasteiger partial charge is 0.416 e. The molecule has 1 N–H and O–H groups in total. The first-order valence-corrected chi connectivity index (χ1v) is 11.9. The lowest BCUT2D eigenvalue weighted by atomic mass is 10.1. The zero-order valence-electron chi connectivity index (χ0n) is 16.9. The number of piperazine rings is 1. The summed E-state index contributed by atoms with van der Waals surface area (Å²) < 4.78 is 66.0. The van der Waals surface area contributed by atoms with Crippen LogP contribution in [0.3, 0.4) is 0 Å². The van der Waals surface area contributed by atoms with E-state index in [1.54, 1.807) is 4.90 Å². The van der Waals surface area contributed by atoms with Crippen LogP contribution in [0.15, 0.2) is 47.4 Å². The number of nitrogens with one attached hydrogen (secondary N) is 1. The van der Waals surface area contributed by atoms with E-state index in [1.807, 2.05) is 0 Å². The Morgan fingerprint density at radius 1 is 1.06 bits per heavy atom. The zero-order valence-corrected chi connectivity index (χ0v) is 18.5. The zero-order chi connectivity index (χ0) is 23.1. The van der Waals surface area contributed by atoms with E-state index in [0.29, 0.717) is 19.1 Å². The Kier molecular flexibility index (Phi) is 6.12. The van der Waals surface area contributed by atoms with Crippen molar-refractivity contribution >= 4 is 33.2 Å². The van der Waals surface area contributed by atoms with Crippen molar-refractivity contribution in [3.8, 4) is 0 Å². The number of halogens is 4. The minimum atomic E-state index is -4.52. The third-order valence-electron chi connectivity index (χ3n) is 5.82. The molecule has 172 valence electrons. The smallest absolute Gasteiger partial charge is 0.336 e. The van der Waals surface area contributed by atoms with Gasteiger partial charge in [0, 0.05) is 31.4 Å². The number of hydrogen-bond acceptors (Lipinski definition) is 4. The molecule has 0 radical (unpaired) electrons. The number of sulfonamides is 1. The normalized spacial score (nSPS) is 19.6. The maximum atomic E-state index is 13.1. The Bertz CT molecular complexity index is 1120. The lowest BCUT2D eigenvalue weighted by Crippen LogP contribution is -2.52. The van der Waals surface area contributed by atoms with Crippen molar-refractivity contribution in [3.63, 3.8) is 0 Å². The van der Waals surface area contributed by atoms with Gasteiger partial charge >= 0.3 is 6.18 Å². The number of fused-ring (bicyclic) bond motifs is 1. The number of benzene rings is 2. The predicted molar refractivity (Wildman–Crippen MR) is 114 cm³/mol. The van der Waals surface area contributed by atoms with Crippen LogP contribution in [0.25, 0.3) is 0 Å². The summed E-state index contributed by atoms with van der Waals surface area (Å²) in [5, 5.41) is 0.136. The Labute approximate surface area is 189 Å². The van der Waals surface area contributed by atoms with Crippen LogP contribution in [-0.4, -0.2) is 56.3 Å². The molecule has 2 aromatic carbocycles.